The van der Waals surface area contributed by atoms with Crippen LogP contribution in [0.5, 0.6) is 0 Å². The minimum atomic E-state index is -3.25. The summed E-state index contributed by atoms with van der Waals surface area (Å²) in [5.74, 6) is 0.351. The maximum Gasteiger partial charge on any atom is 0.175 e. The molecular formula is C11H12Cl2O2S. The van der Waals surface area contributed by atoms with Crippen LogP contribution in [0.4, 0.5) is 0 Å². The van der Waals surface area contributed by atoms with E-state index in [4.69, 9.17) is 23.2 Å². The zero-order valence-corrected chi connectivity index (χ0v) is 11.1. The lowest BCUT2D eigenvalue weighted by atomic mass is 10.1. The zero-order valence-electron chi connectivity index (χ0n) is 8.73. The van der Waals surface area contributed by atoms with Crippen molar-refractivity contribution in [2.24, 2.45) is 0 Å². The first-order chi connectivity index (χ1) is 7.46. The maximum atomic E-state index is 11.5. The molecule has 1 aromatic rings. The standard InChI is InChI=1S/C11H12Cl2O2S/c1-16(14,15)11-7-3-2-5-9(11)10(13)6-4-8-12/h2-7,10H,8H2,1H3. The van der Waals surface area contributed by atoms with E-state index in [1.54, 1.807) is 36.4 Å². The fourth-order valence-electron chi connectivity index (χ4n) is 1.32. The van der Waals surface area contributed by atoms with E-state index >= 15 is 0 Å². The number of hydrogen-bond acceptors (Lipinski definition) is 2. The first kappa shape index (κ1) is 13.6. The van der Waals surface area contributed by atoms with Crippen LogP contribution in [0.15, 0.2) is 41.3 Å². The Labute approximate surface area is 106 Å². The molecule has 1 unspecified atom stereocenters. The summed E-state index contributed by atoms with van der Waals surface area (Å²) in [6.45, 7) is 0. The second-order valence-corrected chi connectivity index (χ2v) is 6.06. The van der Waals surface area contributed by atoms with E-state index in [0.29, 0.717) is 11.4 Å². The van der Waals surface area contributed by atoms with E-state index in [1.807, 2.05) is 0 Å². The zero-order chi connectivity index (χ0) is 12.2. The Bertz CT molecular complexity index is 481. The summed E-state index contributed by atoms with van der Waals surface area (Å²) >= 11 is 11.6. The summed E-state index contributed by atoms with van der Waals surface area (Å²) in [6, 6.07) is 6.68. The fourth-order valence-corrected chi connectivity index (χ4v) is 2.73. The average Bonchev–Trinajstić information content (AvgIpc) is 2.24. The van der Waals surface area contributed by atoms with Gasteiger partial charge in [-0.05, 0) is 11.6 Å². The molecule has 2 nitrogen and oxygen atoms in total. The van der Waals surface area contributed by atoms with Gasteiger partial charge in [0.2, 0.25) is 0 Å². The molecule has 0 aromatic heterocycles. The molecule has 0 N–H and O–H groups in total. The van der Waals surface area contributed by atoms with Gasteiger partial charge in [-0.1, -0.05) is 30.4 Å². The van der Waals surface area contributed by atoms with Gasteiger partial charge in [-0.25, -0.2) is 8.42 Å². The van der Waals surface area contributed by atoms with Crippen LogP contribution in [0.3, 0.4) is 0 Å². The van der Waals surface area contributed by atoms with Gasteiger partial charge in [0.25, 0.3) is 0 Å². The van der Waals surface area contributed by atoms with Crippen LogP contribution in [0.1, 0.15) is 10.9 Å². The van der Waals surface area contributed by atoms with Gasteiger partial charge < -0.3 is 0 Å². The molecule has 0 radical (unpaired) electrons. The molecule has 16 heavy (non-hydrogen) atoms. The van der Waals surface area contributed by atoms with Gasteiger partial charge in [0, 0.05) is 12.1 Å². The van der Waals surface area contributed by atoms with Gasteiger partial charge in [0.1, 0.15) is 0 Å². The normalized spacial score (nSPS) is 14.2. The summed E-state index contributed by atoms with van der Waals surface area (Å²) in [5.41, 5.74) is 0.577. The highest BCUT2D eigenvalue weighted by molar-refractivity contribution is 7.90. The molecule has 0 heterocycles. The van der Waals surface area contributed by atoms with Crippen LogP contribution in [0.25, 0.3) is 0 Å². The molecule has 1 aromatic carbocycles. The summed E-state index contributed by atoms with van der Waals surface area (Å²) in [5, 5.41) is -0.482. The van der Waals surface area contributed by atoms with Gasteiger partial charge in [0.05, 0.1) is 10.3 Å². The Morgan fingerprint density at radius 2 is 2.00 bits per heavy atom. The molecule has 0 saturated heterocycles. The highest BCUT2D eigenvalue weighted by atomic mass is 35.5. The summed E-state index contributed by atoms with van der Waals surface area (Å²) in [6.07, 6.45) is 4.54. The van der Waals surface area contributed by atoms with Crippen LogP contribution in [0, 0.1) is 0 Å². The molecule has 1 atom stereocenters. The lowest BCUT2D eigenvalue weighted by Gasteiger charge is -2.09. The lowest BCUT2D eigenvalue weighted by Crippen LogP contribution is -2.03. The number of alkyl halides is 2. The van der Waals surface area contributed by atoms with E-state index in [2.05, 4.69) is 0 Å². The van der Waals surface area contributed by atoms with Crippen molar-refractivity contribution < 1.29 is 8.42 Å². The third-order valence-corrected chi connectivity index (χ3v) is 3.74. The second-order valence-electron chi connectivity index (χ2n) is 3.29. The van der Waals surface area contributed by atoms with E-state index in [0.717, 1.165) is 0 Å². The number of sulfone groups is 1. The summed E-state index contributed by atoms with van der Waals surface area (Å²) in [7, 11) is -3.25. The van der Waals surface area contributed by atoms with Crippen LogP contribution < -0.4 is 0 Å². The predicted octanol–water partition coefficient (Wildman–Crippen LogP) is 3.17. The van der Waals surface area contributed by atoms with Crippen molar-refractivity contribution in [2.45, 2.75) is 10.3 Å². The van der Waals surface area contributed by atoms with E-state index < -0.39 is 15.2 Å². The predicted molar refractivity (Wildman–Crippen MR) is 68.0 cm³/mol. The van der Waals surface area contributed by atoms with Crippen LogP contribution in [0.2, 0.25) is 0 Å². The Morgan fingerprint density at radius 1 is 1.38 bits per heavy atom. The van der Waals surface area contributed by atoms with E-state index in [-0.39, 0.29) is 4.90 Å². The largest absolute Gasteiger partial charge is 0.224 e. The van der Waals surface area contributed by atoms with Crippen molar-refractivity contribution in [1.29, 1.82) is 0 Å². The lowest BCUT2D eigenvalue weighted by molar-refractivity contribution is 0.601. The number of hydrogen-bond donors (Lipinski definition) is 0. The van der Waals surface area contributed by atoms with Gasteiger partial charge >= 0.3 is 0 Å². The van der Waals surface area contributed by atoms with Gasteiger partial charge in [0.15, 0.2) is 9.84 Å². The highest BCUT2D eigenvalue weighted by Crippen LogP contribution is 2.28. The van der Waals surface area contributed by atoms with Crippen molar-refractivity contribution in [3.63, 3.8) is 0 Å². The molecule has 0 aliphatic carbocycles. The van der Waals surface area contributed by atoms with Crippen molar-refractivity contribution in [1.82, 2.24) is 0 Å². The number of rotatable bonds is 4. The Kier molecular flexibility index (Phi) is 4.84. The molecule has 88 valence electrons. The van der Waals surface area contributed by atoms with Crippen molar-refractivity contribution in [2.75, 3.05) is 12.1 Å². The van der Waals surface area contributed by atoms with Crippen LogP contribution >= 0.6 is 23.2 Å². The minimum Gasteiger partial charge on any atom is -0.224 e. The van der Waals surface area contributed by atoms with Crippen molar-refractivity contribution in [3.8, 4) is 0 Å². The molecular weight excluding hydrogens is 267 g/mol. The Balaban J connectivity index is 3.19. The smallest absolute Gasteiger partial charge is 0.175 e. The Morgan fingerprint density at radius 3 is 2.56 bits per heavy atom. The molecule has 0 saturated carbocycles. The molecule has 0 bridgehead atoms. The number of halogens is 2. The van der Waals surface area contributed by atoms with Gasteiger partial charge in [-0.3, -0.25) is 0 Å². The first-order valence-electron chi connectivity index (χ1n) is 4.62. The number of allylic oxidation sites excluding steroid dienone is 2. The fraction of sp³-hybridized carbons (Fsp3) is 0.273. The summed E-state index contributed by atoms with van der Waals surface area (Å²) < 4.78 is 23.0. The molecule has 0 amide bonds. The molecule has 0 spiro atoms. The second kappa shape index (κ2) is 5.71. The minimum absolute atomic E-state index is 0.259. The monoisotopic (exact) mass is 278 g/mol. The van der Waals surface area contributed by atoms with Crippen LogP contribution in [-0.4, -0.2) is 20.6 Å². The highest BCUT2D eigenvalue weighted by Gasteiger charge is 2.16. The van der Waals surface area contributed by atoms with Gasteiger partial charge in [-0.2, -0.15) is 0 Å². The third-order valence-electron chi connectivity index (χ3n) is 2.01. The van der Waals surface area contributed by atoms with Crippen molar-refractivity contribution >= 4 is 33.0 Å². The number of benzene rings is 1. The molecule has 1 rings (SSSR count). The Hall–Kier alpha value is -0.510. The van der Waals surface area contributed by atoms with E-state index in [9.17, 15) is 8.42 Å². The summed E-state index contributed by atoms with van der Waals surface area (Å²) in [4.78, 5) is 0.259. The quantitative estimate of drug-likeness (QED) is 0.626. The SMILES string of the molecule is CS(=O)(=O)c1ccccc1C(Cl)C=CCCl. The van der Waals surface area contributed by atoms with Crippen molar-refractivity contribution in [3.05, 3.63) is 42.0 Å². The maximum absolute atomic E-state index is 11.5. The van der Waals surface area contributed by atoms with Crippen LogP contribution in [-0.2, 0) is 9.84 Å². The topological polar surface area (TPSA) is 34.1 Å². The molecule has 0 aliphatic heterocycles. The molecule has 0 aliphatic rings. The molecule has 5 heteroatoms. The average molecular weight is 279 g/mol. The van der Waals surface area contributed by atoms with Gasteiger partial charge in [-0.15, -0.1) is 23.2 Å². The third kappa shape index (κ3) is 3.51. The van der Waals surface area contributed by atoms with E-state index in [1.165, 1.54) is 6.26 Å². The first-order valence-corrected chi connectivity index (χ1v) is 7.48. The molecule has 0 fully saturated rings.